The second-order valence-electron chi connectivity index (χ2n) is 8.08. The Morgan fingerprint density at radius 1 is 1.18 bits per heavy atom. The molecule has 0 aliphatic carbocycles. The van der Waals surface area contributed by atoms with Gasteiger partial charge in [-0.2, -0.15) is 0 Å². The van der Waals surface area contributed by atoms with E-state index in [2.05, 4.69) is 10.3 Å². The molecule has 8 nitrogen and oxygen atoms in total. The summed E-state index contributed by atoms with van der Waals surface area (Å²) >= 11 is 6.03. The van der Waals surface area contributed by atoms with Crippen LogP contribution < -0.4 is 5.32 Å². The first kappa shape index (κ1) is 25.7. The van der Waals surface area contributed by atoms with Crippen molar-refractivity contribution in [2.45, 2.75) is 43.9 Å². The predicted octanol–water partition coefficient (Wildman–Crippen LogP) is 4.60. The third-order valence-corrected chi connectivity index (χ3v) is 7.02. The maximum atomic E-state index is 13.2. The average Bonchev–Trinajstić information content (AvgIpc) is 3.19. The molecule has 10 heteroatoms. The van der Waals surface area contributed by atoms with E-state index in [-0.39, 0.29) is 36.1 Å². The number of imidazole rings is 1. The van der Waals surface area contributed by atoms with Crippen LogP contribution in [0.15, 0.2) is 66.0 Å². The fraction of sp³-hybridized carbons (Fsp3) is 0.333. The maximum absolute atomic E-state index is 13.2. The summed E-state index contributed by atoms with van der Waals surface area (Å²) in [5, 5.41) is 3.32. The number of rotatable bonds is 10. The zero-order valence-electron chi connectivity index (χ0n) is 19.4. The number of amides is 2. The zero-order valence-corrected chi connectivity index (χ0v) is 21.0. The highest BCUT2D eigenvalue weighted by atomic mass is 35.5. The Balaban J connectivity index is 1.88. The third kappa shape index (κ3) is 6.59. The minimum absolute atomic E-state index is 0.0395. The van der Waals surface area contributed by atoms with Gasteiger partial charge < -0.3 is 19.5 Å². The van der Waals surface area contributed by atoms with Gasteiger partial charge in [0.25, 0.3) is 0 Å². The lowest BCUT2D eigenvalue weighted by molar-refractivity contribution is 0.177. The molecule has 0 aliphatic rings. The largest absolute Gasteiger partial charge is 0.383 e. The van der Waals surface area contributed by atoms with Crippen molar-refractivity contribution >= 4 is 33.2 Å². The Bertz CT molecular complexity index is 1210. The van der Waals surface area contributed by atoms with Crippen molar-refractivity contribution in [3.05, 3.63) is 77.1 Å². The maximum Gasteiger partial charge on any atom is 0.322 e. The highest BCUT2D eigenvalue weighted by Gasteiger charge is 2.26. The SMILES string of the molecule is COCCn1c(CN(C(=O)Nc2cccc(Cl)c2)C(C)C)cnc1S(=O)(=O)Cc1ccccc1. The monoisotopic (exact) mass is 504 g/mol. The van der Waals surface area contributed by atoms with Gasteiger partial charge in [0, 0.05) is 30.4 Å². The van der Waals surface area contributed by atoms with Crippen LogP contribution in [-0.4, -0.2) is 48.7 Å². The summed E-state index contributed by atoms with van der Waals surface area (Å²) in [6.07, 6.45) is 1.51. The molecule has 2 amide bonds. The highest BCUT2D eigenvalue weighted by molar-refractivity contribution is 7.90. The van der Waals surface area contributed by atoms with Crippen molar-refractivity contribution in [3.8, 4) is 0 Å². The highest BCUT2D eigenvalue weighted by Crippen LogP contribution is 2.21. The number of sulfone groups is 1. The molecule has 0 saturated heterocycles. The molecular formula is C24H29ClN4O4S. The molecule has 182 valence electrons. The molecule has 1 aromatic heterocycles. The van der Waals surface area contributed by atoms with Crippen LogP contribution in [0.2, 0.25) is 5.02 Å². The quantitative estimate of drug-likeness (QED) is 0.435. The summed E-state index contributed by atoms with van der Waals surface area (Å²) in [4.78, 5) is 18.9. The van der Waals surface area contributed by atoms with Gasteiger partial charge in [-0.15, -0.1) is 0 Å². The molecule has 0 atom stereocenters. The van der Waals surface area contributed by atoms with E-state index in [1.54, 1.807) is 65.1 Å². The van der Waals surface area contributed by atoms with Gasteiger partial charge in [-0.3, -0.25) is 0 Å². The van der Waals surface area contributed by atoms with Crippen molar-refractivity contribution in [3.63, 3.8) is 0 Å². The summed E-state index contributed by atoms with van der Waals surface area (Å²) in [5.74, 6) is -0.166. The number of nitrogens with one attached hydrogen (secondary N) is 1. The number of hydrogen-bond acceptors (Lipinski definition) is 5. The number of carbonyl (C=O) groups is 1. The number of nitrogens with zero attached hydrogens (tertiary/aromatic N) is 3. The van der Waals surface area contributed by atoms with Crippen molar-refractivity contribution in [1.82, 2.24) is 14.5 Å². The van der Waals surface area contributed by atoms with Gasteiger partial charge >= 0.3 is 6.03 Å². The lowest BCUT2D eigenvalue weighted by Crippen LogP contribution is -2.40. The fourth-order valence-electron chi connectivity index (χ4n) is 3.47. The van der Waals surface area contributed by atoms with Crippen LogP contribution in [0.3, 0.4) is 0 Å². The molecule has 3 rings (SSSR count). The molecule has 34 heavy (non-hydrogen) atoms. The van der Waals surface area contributed by atoms with Crippen LogP contribution in [0, 0.1) is 0 Å². The topological polar surface area (TPSA) is 93.5 Å². The van der Waals surface area contributed by atoms with E-state index < -0.39 is 9.84 Å². The Hall–Kier alpha value is -2.88. The summed E-state index contributed by atoms with van der Waals surface area (Å²) in [5.41, 5.74) is 1.84. The first-order valence-electron chi connectivity index (χ1n) is 10.8. The van der Waals surface area contributed by atoms with Gasteiger partial charge in [-0.25, -0.2) is 18.2 Å². The number of halogens is 1. The van der Waals surface area contributed by atoms with Gasteiger partial charge in [0.05, 0.1) is 30.8 Å². The van der Waals surface area contributed by atoms with Crippen molar-refractivity contribution < 1.29 is 17.9 Å². The predicted molar refractivity (Wildman–Crippen MR) is 133 cm³/mol. The summed E-state index contributed by atoms with van der Waals surface area (Å²) in [6.45, 7) is 4.53. The van der Waals surface area contributed by atoms with Gasteiger partial charge in [0.1, 0.15) is 0 Å². The first-order chi connectivity index (χ1) is 16.2. The molecule has 0 unspecified atom stereocenters. The molecule has 1 N–H and O–H groups in total. The molecule has 0 saturated carbocycles. The number of hydrogen-bond donors (Lipinski definition) is 1. The number of urea groups is 1. The van der Waals surface area contributed by atoms with E-state index >= 15 is 0 Å². The lowest BCUT2D eigenvalue weighted by Gasteiger charge is -2.27. The van der Waals surface area contributed by atoms with Crippen LogP contribution in [0.1, 0.15) is 25.1 Å². The van der Waals surface area contributed by atoms with E-state index in [1.165, 1.54) is 6.20 Å². The second-order valence-corrected chi connectivity index (χ2v) is 10.4. The zero-order chi connectivity index (χ0) is 24.7. The van der Waals surface area contributed by atoms with Crippen molar-refractivity contribution in [1.29, 1.82) is 0 Å². The van der Waals surface area contributed by atoms with Crippen LogP contribution in [0.25, 0.3) is 0 Å². The molecule has 0 aliphatic heterocycles. The van der Waals surface area contributed by atoms with E-state index in [0.29, 0.717) is 28.6 Å². The van der Waals surface area contributed by atoms with E-state index in [9.17, 15) is 13.2 Å². The molecule has 0 spiro atoms. The Morgan fingerprint density at radius 3 is 2.56 bits per heavy atom. The Kier molecular flexibility index (Phi) is 8.71. The van der Waals surface area contributed by atoms with Gasteiger partial charge in [-0.1, -0.05) is 48.0 Å². The van der Waals surface area contributed by atoms with Gasteiger partial charge in [-0.05, 0) is 37.6 Å². The van der Waals surface area contributed by atoms with Crippen LogP contribution in [-0.2, 0) is 33.4 Å². The normalized spacial score (nSPS) is 11.6. The van der Waals surface area contributed by atoms with Crippen LogP contribution >= 0.6 is 11.6 Å². The van der Waals surface area contributed by atoms with Crippen molar-refractivity contribution in [2.75, 3.05) is 19.0 Å². The minimum Gasteiger partial charge on any atom is -0.383 e. The molecule has 0 fully saturated rings. The summed E-state index contributed by atoms with van der Waals surface area (Å²) in [6, 6.07) is 15.4. The molecule has 2 aromatic carbocycles. The number of methoxy groups -OCH3 is 1. The minimum atomic E-state index is -3.72. The summed E-state index contributed by atoms with van der Waals surface area (Å²) < 4.78 is 33.2. The standard InChI is InChI=1S/C24H29ClN4O4S/c1-18(2)29(23(30)27-21-11-7-10-20(25)14-21)16-22-15-26-24(28(22)12-13-33-3)34(31,32)17-19-8-5-4-6-9-19/h4-11,14-15,18H,12-13,16-17H2,1-3H3,(H,27,30). The molecule has 1 heterocycles. The molecule has 0 radical (unpaired) electrons. The number of ether oxygens (including phenoxy) is 1. The third-order valence-electron chi connectivity index (χ3n) is 5.19. The average molecular weight is 505 g/mol. The van der Waals surface area contributed by atoms with E-state index in [1.807, 2.05) is 19.9 Å². The fourth-order valence-corrected chi connectivity index (χ4v) is 5.18. The first-order valence-corrected chi connectivity index (χ1v) is 12.9. The smallest absolute Gasteiger partial charge is 0.322 e. The van der Waals surface area contributed by atoms with E-state index in [4.69, 9.17) is 16.3 Å². The second kappa shape index (κ2) is 11.5. The van der Waals surface area contributed by atoms with E-state index in [0.717, 1.165) is 0 Å². The van der Waals surface area contributed by atoms with Gasteiger partial charge in [0.15, 0.2) is 0 Å². The molecular weight excluding hydrogens is 476 g/mol. The molecule has 3 aromatic rings. The van der Waals surface area contributed by atoms with Gasteiger partial charge in [0.2, 0.25) is 15.0 Å². The molecule has 0 bridgehead atoms. The number of carbonyl (C=O) groups excluding carboxylic acids is 1. The number of anilines is 1. The Labute approximate surface area is 205 Å². The summed E-state index contributed by atoms with van der Waals surface area (Å²) in [7, 11) is -2.17. The van der Waals surface area contributed by atoms with Crippen LogP contribution in [0.5, 0.6) is 0 Å². The Morgan fingerprint density at radius 2 is 1.91 bits per heavy atom. The number of benzene rings is 2. The van der Waals surface area contributed by atoms with Crippen LogP contribution in [0.4, 0.5) is 10.5 Å². The lowest BCUT2D eigenvalue weighted by atomic mass is 10.2. The van der Waals surface area contributed by atoms with Crippen molar-refractivity contribution in [2.24, 2.45) is 0 Å². The number of aromatic nitrogens is 2.